The van der Waals surface area contributed by atoms with Gasteiger partial charge in [0.25, 0.3) is 0 Å². The number of hydrogen-bond donors (Lipinski definition) is 2. The normalized spacial score (nSPS) is 11.0. The van der Waals surface area contributed by atoms with Gasteiger partial charge in [0.1, 0.15) is 12.3 Å². The fraction of sp³-hybridized carbons (Fsp3) is 0.485. The number of carbonyl (C=O) groups excluding carboxylic acids is 2. The molecule has 1 heterocycles. The Balaban J connectivity index is 1.45. The lowest BCUT2D eigenvalue weighted by atomic mass is 10.1. The predicted octanol–water partition coefficient (Wildman–Crippen LogP) is 5.91. The smallest absolute Gasteiger partial charge is 0.412 e. The number of hydrogen-bond acceptors (Lipinski definition) is 5. The molecule has 0 unspecified atom stereocenters. The van der Waals surface area contributed by atoms with Crippen LogP contribution in [0.4, 0.5) is 16.2 Å². The lowest BCUT2D eigenvalue weighted by Gasteiger charge is -2.15. The number of nitrogens with zero attached hydrogens (tertiary/aromatic N) is 3. The number of ether oxygens (including phenoxy) is 1. The summed E-state index contributed by atoms with van der Waals surface area (Å²) in [6, 6.07) is 15.6. The monoisotopic (exact) mass is 562 g/mol. The van der Waals surface area contributed by atoms with E-state index in [2.05, 4.69) is 102 Å². The third kappa shape index (κ3) is 9.66. The summed E-state index contributed by atoms with van der Waals surface area (Å²) in [5.74, 6) is 0.572. The first-order chi connectivity index (χ1) is 19.7. The predicted molar refractivity (Wildman–Crippen MR) is 170 cm³/mol. The van der Waals surface area contributed by atoms with Crippen LogP contribution in [0.15, 0.2) is 54.8 Å². The summed E-state index contributed by atoms with van der Waals surface area (Å²) in [6.07, 6.45) is 6.24. The van der Waals surface area contributed by atoms with Gasteiger partial charge in [-0.2, -0.15) is 4.57 Å². The number of carbonyl (C=O) groups is 2. The summed E-state index contributed by atoms with van der Waals surface area (Å²) in [5, 5.41) is 8.22. The largest absolute Gasteiger partial charge is 0.416 e. The molecule has 0 atom stereocenters. The van der Waals surface area contributed by atoms with Gasteiger partial charge in [-0.05, 0) is 62.4 Å². The van der Waals surface area contributed by atoms with Crippen molar-refractivity contribution in [2.24, 2.45) is 0 Å². The minimum Gasteiger partial charge on any atom is -0.416 e. The molecular formula is C33H48N5O3+. The second-order valence-electron chi connectivity index (χ2n) is 11.0. The van der Waals surface area contributed by atoms with Gasteiger partial charge < -0.3 is 25.2 Å². The Morgan fingerprint density at radius 3 is 1.90 bits per heavy atom. The molecule has 0 aliphatic heterocycles. The third-order valence-corrected chi connectivity index (χ3v) is 7.32. The van der Waals surface area contributed by atoms with Gasteiger partial charge in [0.05, 0.1) is 0 Å². The molecule has 2 amide bonds. The molecule has 0 saturated carbocycles. The van der Waals surface area contributed by atoms with E-state index in [4.69, 9.17) is 4.74 Å². The molecule has 8 nitrogen and oxygen atoms in total. The number of pyridine rings is 1. The number of unbranched alkanes of at least 4 members (excludes halogenated alkanes) is 4. The average molecular weight is 563 g/mol. The van der Waals surface area contributed by atoms with Crippen molar-refractivity contribution in [1.82, 2.24) is 10.6 Å². The number of aromatic nitrogens is 1. The quantitative estimate of drug-likeness (QED) is 0.0983. The van der Waals surface area contributed by atoms with Crippen LogP contribution in [-0.2, 0) is 16.1 Å². The molecule has 3 rings (SSSR count). The summed E-state index contributed by atoms with van der Waals surface area (Å²) in [7, 11) is 8.29. The van der Waals surface area contributed by atoms with E-state index in [1.165, 1.54) is 33.2 Å². The van der Waals surface area contributed by atoms with E-state index in [0.29, 0.717) is 31.7 Å². The maximum absolute atomic E-state index is 12.3. The Morgan fingerprint density at radius 1 is 0.780 bits per heavy atom. The van der Waals surface area contributed by atoms with Crippen molar-refractivity contribution < 1.29 is 18.9 Å². The van der Waals surface area contributed by atoms with Gasteiger partial charge in [-0.15, -0.1) is 0 Å². The van der Waals surface area contributed by atoms with Crippen molar-refractivity contribution in [3.8, 4) is 0 Å². The molecule has 41 heavy (non-hydrogen) atoms. The molecule has 0 bridgehead atoms. The standard InChI is InChI=1S/C33H47N5O3/c1-7-25(2)41-33(40)35-20-12-9-11-19-34-32(39)14-10-8-13-21-38-30-23-28(36(3)4)17-15-26(30)22-27-16-18-29(37(5)6)24-31(27)38/h15-18,22-24H,2,7-14,19-21H2,1,3-6H3,(H-,34,35,39,40)/p+1. The lowest BCUT2D eigenvalue weighted by Crippen LogP contribution is -2.36. The molecule has 222 valence electrons. The molecular weight excluding hydrogens is 514 g/mol. The maximum Gasteiger partial charge on any atom is 0.412 e. The SMILES string of the molecule is C=C(CC)OC(=O)NCCCCCNC(=O)CCCCC[n+]1c2cc(N(C)C)ccc2cc2ccc(N(C)C)cc21. The molecule has 2 N–H and O–H groups in total. The van der Waals surface area contributed by atoms with Crippen LogP contribution in [0.2, 0.25) is 0 Å². The van der Waals surface area contributed by atoms with Crippen LogP contribution in [0.5, 0.6) is 0 Å². The Bertz CT molecular complexity index is 1270. The molecule has 3 aromatic rings. The Hall–Kier alpha value is -3.81. The molecule has 0 aliphatic carbocycles. The summed E-state index contributed by atoms with van der Waals surface area (Å²) < 4.78 is 7.44. The average Bonchev–Trinajstić information content (AvgIpc) is 2.95. The minimum atomic E-state index is -0.450. The zero-order chi connectivity index (χ0) is 29.8. The topological polar surface area (TPSA) is 77.8 Å². The summed E-state index contributed by atoms with van der Waals surface area (Å²) >= 11 is 0. The van der Waals surface area contributed by atoms with E-state index in [0.717, 1.165) is 45.1 Å². The number of amides is 2. The van der Waals surface area contributed by atoms with Gasteiger partial charge in [0, 0.05) is 94.8 Å². The Morgan fingerprint density at radius 2 is 1.34 bits per heavy atom. The zero-order valence-electron chi connectivity index (χ0n) is 25.6. The highest BCUT2D eigenvalue weighted by Crippen LogP contribution is 2.25. The summed E-state index contributed by atoms with van der Waals surface area (Å²) in [6.45, 7) is 7.66. The van der Waals surface area contributed by atoms with Crippen LogP contribution in [0.25, 0.3) is 21.8 Å². The highest BCUT2D eigenvalue weighted by molar-refractivity contribution is 5.91. The number of allylic oxidation sites excluding steroid dienone is 1. The fourth-order valence-electron chi connectivity index (χ4n) is 4.78. The number of anilines is 2. The molecule has 1 aromatic heterocycles. The molecule has 8 heteroatoms. The van der Waals surface area contributed by atoms with Gasteiger partial charge in [-0.3, -0.25) is 4.79 Å². The van der Waals surface area contributed by atoms with Crippen molar-refractivity contribution in [3.05, 3.63) is 54.8 Å². The minimum absolute atomic E-state index is 0.110. The maximum atomic E-state index is 12.3. The van der Waals surface area contributed by atoms with E-state index in [1.54, 1.807) is 0 Å². The van der Waals surface area contributed by atoms with Crippen LogP contribution in [0.3, 0.4) is 0 Å². The lowest BCUT2D eigenvalue weighted by molar-refractivity contribution is -0.645. The van der Waals surface area contributed by atoms with E-state index < -0.39 is 6.09 Å². The van der Waals surface area contributed by atoms with Crippen molar-refractivity contribution in [1.29, 1.82) is 0 Å². The Labute approximate surface area is 245 Å². The van der Waals surface area contributed by atoms with E-state index in [1.807, 2.05) is 6.92 Å². The number of rotatable bonds is 16. The highest BCUT2D eigenvalue weighted by Gasteiger charge is 2.17. The second kappa shape index (κ2) is 15.8. The van der Waals surface area contributed by atoms with E-state index >= 15 is 0 Å². The van der Waals surface area contributed by atoms with Crippen LogP contribution >= 0.6 is 0 Å². The first kappa shape index (κ1) is 31.7. The molecule has 0 aliphatic rings. The number of benzene rings is 2. The summed E-state index contributed by atoms with van der Waals surface area (Å²) in [5.41, 5.74) is 4.83. The summed E-state index contributed by atoms with van der Waals surface area (Å²) in [4.78, 5) is 28.2. The first-order valence-corrected chi connectivity index (χ1v) is 14.8. The highest BCUT2D eigenvalue weighted by atomic mass is 16.6. The number of alkyl carbamates (subject to hydrolysis) is 1. The van der Waals surface area contributed by atoms with Crippen LogP contribution in [0, 0.1) is 0 Å². The molecule has 0 spiro atoms. The van der Waals surface area contributed by atoms with Crippen LogP contribution < -0.4 is 25.0 Å². The molecule has 2 aromatic carbocycles. The number of nitrogens with one attached hydrogen (secondary N) is 2. The molecule has 0 radical (unpaired) electrons. The Kier molecular flexibility index (Phi) is 12.3. The van der Waals surface area contributed by atoms with Gasteiger partial charge >= 0.3 is 6.09 Å². The molecule has 0 fully saturated rings. The fourth-order valence-corrected chi connectivity index (χ4v) is 4.78. The van der Waals surface area contributed by atoms with Crippen molar-refractivity contribution in [2.45, 2.75) is 64.8 Å². The van der Waals surface area contributed by atoms with Crippen LogP contribution in [-0.4, -0.2) is 53.3 Å². The van der Waals surface area contributed by atoms with Gasteiger partial charge in [0.15, 0.2) is 0 Å². The van der Waals surface area contributed by atoms with Gasteiger partial charge in [-0.1, -0.05) is 13.5 Å². The first-order valence-electron chi connectivity index (χ1n) is 14.8. The van der Waals surface area contributed by atoms with Crippen molar-refractivity contribution in [3.63, 3.8) is 0 Å². The second-order valence-corrected chi connectivity index (χ2v) is 11.0. The van der Waals surface area contributed by atoms with Gasteiger partial charge in [0.2, 0.25) is 16.9 Å². The van der Waals surface area contributed by atoms with Crippen LogP contribution in [0.1, 0.15) is 58.3 Å². The van der Waals surface area contributed by atoms with E-state index in [9.17, 15) is 9.59 Å². The molecule has 0 saturated heterocycles. The van der Waals surface area contributed by atoms with E-state index in [-0.39, 0.29) is 5.91 Å². The third-order valence-electron chi connectivity index (χ3n) is 7.32. The van der Waals surface area contributed by atoms with Crippen molar-refractivity contribution in [2.75, 3.05) is 51.1 Å². The van der Waals surface area contributed by atoms with Gasteiger partial charge in [-0.25, -0.2) is 4.79 Å². The van der Waals surface area contributed by atoms with Crippen molar-refractivity contribution >= 4 is 45.2 Å². The number of fused-ring (bicyclic) bond motifs is 2. The zero-order valence-corrected chi connectivity index (χ0v) is 25.6. The number of aryl methyl sites for hydroxylation is 1.